The summed E-state index contributed by atoms with van der Waals surface area (Å²) in [5.41, 5.74) is 20.1. The van der Waals surface area contributed by atoms with E-state index in [9.17, 15) is 0 Å². The van der Waals surface area contributed by atoms with Crippen molar-refractivity contribution in [3.63, 3.8) is 0 Å². The molecule has 0 aromatic heterocycles. The summed E-state index contributed by atoms with van der Waals surface area (Å²) in [5.74, 6) is 0. The van der Waals surface area contributed by atoms with Crippen LogP contribution in [0.15, 0.2) is 151 Å². The summed E-state index contributed by atoms with van der Waals surface area (Å²) in [4.78, 5) is 2.50. The monoisotopic (exact) mass is 954 g/mol. The normalized spacial score (nSPS) is 19.6. The number of anilines is 3. The Balaban J connectivity index is 1.19. The minimum Gasteiger partial charge on any atom is -0.399 e. The van der Waals surface area contributed by atoms with E-state index in [1.807, 2.05) is 0 Å². The predicted molar refractivity (Wildman–Crippen MR) is 308 cm³/mol. The summed E-state index contributed by atoms with van der Waals surface area (Å²) >= 11 is 0. The van der Waals surface area contributed by atoms with E-state index >= 15 is 0 Å². The smallest absolute Gasteiger partial charge is 0.399 e. The van der Waals surface area contributed by atoms with E-state index in [-0.39, 0.29) is 10.8 Å². The molecule has 0 N–H and O–H groups in total. The van der Waals surface area contributed by atoms with Crippen LogP contribution in [0.2, 0.25) is 0 Å². The molecule has 0 amide bonds. The van der Waals surface area contributed by atoms with Crippen LogP contribution < -0.4 is 10.4 Å². The topological polar surface area (TPSA) is 21.7 Å². The van der Waals surface area contributed by atoms with Crippen molar-refractivity contribution in [3.8, 4) is 22.3 Å². The first kappa shape index (κ1) is 50.1. The maximum absolute atomic E-state index is 6.58. The van der Waals surface area contributed by atoms with Gasteiger partial charge in [-0.3, -0.25) is 0 Å². The van der Waals surface area contributed by atoms with Gasteiger partial charge < -0.3 is 14.2 Å². The Kier molecular flexibility index (Phi) is 13.8. The van der Waals surface area contributed by atoms with Crippen molar-refractivity contribution in [2.75, 3.05) is 4.90 Å². The first-order chi connectivity index (χ1) is 34.7. The number of rotatable bonds is 19. The van der Waals surface area contributed by atoms with Crippen molar-refractivity contribution >= 4 is 35.2 Å². The van der Waals surface area contributed by atoms with Crippen LogP contribution in [-0.2, 0) is 25.6 Å². The molecular formula is C68H80BNO2. The molecular weight excluding hydrogens is 874 g/mol. The number of benzene rings is 6. The van der Waals surface area contributed by atoms with Crippen LogP contribution in [0.25, 0.3) is 27.8 Å². The molecule has 2 atom stereocenters. The van der Waals surface area contributed by atoms with E-state index < -0.39 is 23.7 Å². The third-order valence-electron chi connectivity index (χ3n) is 18.5. The standard InChI is InChI=1S/C68H80BNO2/c1-11-15-17-24-43-66(9,13-3)49-33-40-56-57-41-34-50(67(10,14-4)44-25-18-16-12-2)46-61(57)68(60(56)45-49)59-31-26-30-55(59)58-42-39-53(47-62(58)68)70(63-32-23-22-29-54(63)48-27-20-19-21-28-48)52-37-35-51(36-38-52)69-71-64(5,6)65(7,8)72-69/h19-23,26-30,32-42,45-47H,11-18,24-25,31,43-44H2,1-10H3. The molecule has 3 aliphatic carbocycles. The zero-order valence-electron chi connectivity index (χ0n) is 45.4. The van der Waals surface area contributed by atoms with Crippen LogP contribution in [0.1, 0.15) is 186 Å². The molecule has 1 saturated heterocycles. The van der Waals surface area contributed by atoms with Gasteiger partial charge in [-0.25, -0.2) is 0 Å². The average Bonchev–Trinajstić information content (AvgIpc) is 4.12. The quantitative estimate of drug-likeness (QED) is 0.0596. The Bertz CT molecular complexity index is 2900. The SMILES string of the molecule is CCCCCCC(C)(CC)c1ccc2c(c1)C1(C3=C(C=CC3)c3ccc(N(c4ccc(B5OC(C)(C)C(C)(C)O5)cc4)c4ccccc4-c4ccccc4)cc31)c1cc(C(C)(CC)CCCCCC)ccc1-2. The van der Waals surface area contributed by atoms with Crippen molar-refractivity contribution in [3.05, 3.63) is 185 Å². The summed E-state index contributed by atoms with van der Waals surface area (Å²) in [6.07, 6.45) is 20.7. The van der Waals surface area contributed by atoms with Crippen molar-refractivity contribution in [1.29, 1.82) is 0 Å². The molecule has 0 radical (unpaired) electrons. The van der Waals surface area contributed by atoms with Gasteiger partial charge in [-0.05, 0) is 168 Å². The Labute approximate surface area is 434 Å². The molecule has 1 fully saturated rings. The van der Waals surface area contributed by atoms with Gasteiger partial charge in [0.1, 0.15) is 0 Å². The van der Waals surface area contributed by atoms with Crippen LogP contribution in [-0.4, -0.2) is 18.3 Å². The van der Waals surface area contributed by atoms with E-state index in [0.29, 0.717) is 0 Å². The van der Waals surface area contributed by atoms with Crippen LogP contribution in [0.5, 0.6) is 0 Å². The van der Waals surface area contributed by atoms with Gasteiger partial charge in [0.2, 0.25) is 0 Å². The lowest BCUT2D eigenvalue weighted by Gasteiger charge is -2.36. The molecule has 2 unspecified atom stereocenters. The van der Waals surface area contributed by atoms with Gasteiger partial charge in [-0.1, -0.05) is 208 Å². The molecule has 10 rings (SSSR count). The van der Waals surface area contributed by atoms with Gasteiger partial charge in [0.25, 0.3) is 0 Å². The van der Waals surface area contributed by atoms with Crippen LogP contribution >= 0.6 is 0 Å². The second kappa shape index (κ2) is 19.8. The van der Waals surface area contributed by atoms with E-state index in [2.05, 4.69) is 220 Å². The summed E-state index contributed by atoms with van der Waals surface area (Å²) in [7, 11) is -0.440. The van der Waals surface area contributed by atoms with Gasteiger partial charge >= 0.3 is 7.12 Å². The lowest BCUT2D eigenvalue weighted by molar-refractivity contribution is 0.00578. The Hall–Kier alpha value is -5.42. The summed E-state index contributed by atoms with van der Waals surface area (Å²) in [5, 5.41) is 0. The number of hydrogen-bond donors (Lipinski definition) is 0. The summed E-state index contributed by atoms with van der Waals surface area (Å²) in [6.45, 7) is 23.1. The Morgan fingerprint density at radius 1 is 0.528 bits per heavy atom. The Morgan fingerprint density at radius 2 is 1.06 bits per heavy atom. The minimum atomic E-state index is -0.445. The molecule has 3 nitrogen and oxygen atoms in total. The maximum Gasteiger partial charge on any atom is 0.494 e. The summed E-state index contributed by atoms with van der Waals surface area (Å²) < 4.78 is 13.2. The number of allylic oxidation sites excluding steroid dienone is 4. The van der Waals surface area contributed by atoms with Gasteiger partial charge in [-0.15, -0.1) is 0 Å². The first-order valence-corrected chi connectivity index (χ1v) is 28.0. The molecule has 4 aliphatic rings. The second-order valence-corrected chi connectivity index (χ2v) is 23.3. The highest BCUT2D eigenvalue weighted by molar-refractivity contribution is 6.62. The van der Waals surface area contributed by atoms with E-state index in [1.54, 1.807) is 0 Å². The van der Waals surface area contributed by atoms with Gasteiger partial charge in [0.05, 0.1) is 22.3 Å². The van der Waals surface area contributed by atoms with Crippen molar-refractivity contribution < 1.29 is 9.31 Å². The van der Waals surface area contributed by atoms with Crippen molar-refractivity contribution in [2.45, 2.75) is 180 Å². The molecule has 6 aromatic rings. The van der Waals surface area contributed by atoms with Gasteiger partial charge in [0, 0.05) is 16.9 Å². The van der Waals surface area contributed by atoms with E-state index in [1.165, 1.54) is 131 Å². The highest BCUT2D eigenvalue weighted by atomic mass is 16.7. The zero-order chi connectivity index (χ0) is 50.5. The van der Waals surface area contributed by atoms with E-state index in [4.69, 9.17) is 9.31 Å². The third-order valence-corrected chi connectivity index (χ3v) is 18.5. The number of fused-ring (bicyclic) bond motifs is 9. The fourth-order valence-corrected chi connectivity index (χ4v) is 12.8. The van der Waals surface area contributed by atoms with E-state index in [0.717, 1.165) is 41.8 Å². The zero-order valence-corrected chi connectivity index (χ0v) is 45.4. The second-order valence-electron chi connectivity index (χ2n) is 23.3. The largest absolute Gasteiger partial charge is 0.494 e. The van der Waals surface area contributed by atoms with Crippen LogP contribution in [0.4, 0.5) is 17.1 Å². The third kappa shape index (κ3) is 8.47. The highest BCUT2D eigenvalue weighted by Gasteiger charge is 2.55. The average molecular weight is 954 g/mol. The molecule has 0 saturated carbocycles. The molecule has 0 bridgehead atoms. The fraction of sp³-hybridized carbons (Fsp3) is 0.412. The molecule has 6 aromatic carbocycles. The maximum atomic E-state index is 6.58. The molecule has 72 heavy (non-hydrogen) atoms. The van der Waals surface area contributed by atoms with Crippen molar-refractivity contribution in [1.82, 2.24) is 0 Å². The lowest BCUT2D eigenvalue weighted by Crippen LogP contribution is -2.41. The van der Waals surface area contributed by atoms with Gasteiger partial charge in [0.15, 0.2) is 0 Å². The molecule has 372 valence electrons. The molecule has 1 spiro atoms. The van der Waals surface area contributed by atoms with Crippen molar-refractivity contribution in [2.24, 2.45) is 0 Å². The summed E-state index contributed by atoms with van der Waals surface area (Å²) in [6, 6.07) is 51.7. The number of hydrogen-bond acceptors (Lipinski definition) is 3. The minimum absolute atomic E-state index is 0.0851. The molecule has 1 aliphatic heterocycles. The Morgan fingerprint density at radius 3 is 1.62 bits per heavy atom. The molecule has 1 heterocycles. The van der Waals surface area contributed by atoms with Crippen LogP contribution in [0, 0.1) is 0 Å². The first-order valence-electron chi connectivity index (χ1n) is 28.0. The highest BCUT2D eigenvalue weighted by Crippen LogP contribution is 2.65. The van der Waals surface area contributed by atoms with Crippen LogP contribution in [0.3, 0.4) is 0 Å². The number of nitrogens with zero attached hydrogens (tertiary/aromatic N) is 1. The molecule has 4 heteroatoms. The fourth-order valence-electron chi connectivity index (χ4n) is 12.8. The number of unbranched alkanes of at least 4 members (excludes halogenated alkanes) is 6. The number of para-hydroxylation sites is 1. The predicted octanol–water partition coefficient (Wildman–Crippen LogP) is 18.4. The van der Waals surface area contributed by atoms with Gasteiger partial charge in [-0.2, -0.15) is 0 Å². The lowest BCUT2D eigenvalue weighted by atomic mass is 9.66.